The van der Waals surface area contributed by atoms with Crippen LogP contribution < -0.4 is 0 Å². The summed E-state index contributed by atoms with van der Waals surface area (Å²) in [6.45, 7) is 7.84. The Balaban J connectivity index is 1.78. The van der Waals surface area contributed by atoms with Gasteiger partial charge in [0.05, 0.1) is 0 Å². The van der Waals surface area contributed by atoms with Crippen molar-refractivity contribution in [2.75, 3.05) is 13.1 Å². The van der Waals surface area contributed by atoms with Crippen LogP contribution >= 0.6 is 0 Å². The number of nitrogens with zero attached hydrogens (tertiary/aromatic N) is 4. The molecule has 2 heterocycles. The first-order valence-corrected chi connectivity index (χ1v) is 8.01. The van der Waals surface area contributed by atoms with Gasteiger partial charge in [0, 0.05) is 18.2 Å². The SMILES string of the molecule is CCCn1ncnc1-c1ccc([C@H](C)N2CCCC2)cc1. The van der Waals surface area contributed by atoms with Gasteiger partial charge in [-0.05, 0) is 44.8 Å². The summed E-state index contributed by atoms with van der Waals surface area (Å²) in [5.41, 5.74) is 2.54. The standard InChI is InChI=1S/C17H24N4/c1-3-10-21-17(18-13-19-21)16-8-6-15(7-9-16)14(2)20-11-4-5-12-20/h6-9,13-14H,3-5,10-12H2,1-2H3/t14-/m0/s1. The third-order valence-corrected chi connectivity index (χ3v) is 4.39. The van der Waals surface area contributed by atoms with Gasteiger partial charge in [-0.1, -0.05) is 31.2 Å². The molecule has 0 amide bonds. The Morgan fingerprint density at radius 1 is 1.14 bits per heavy atom. The minimum absolute atomic E-state index is 0.509. The average Bonchev–Trinajstić information content (AvgIpc) is 3.19. The van der Waals surface area contributed by atoms with Crippen molar-refractivity contribution in [2.45, 2.75) is 45.7 Å². The van der Waals surface area contributed by atoms with Crippen molar-refractivity contribution in [3.05, 3.63) is 36.2 Å². The van der Waals surface area contributed by atoms with E-state index in [1.165, 1.54) is 31.5 Å². The van der Waals surface area contributed by atoms with Crippen LogP contribution in [0.5, 0.6) is 0 Å². The summed E-state index contributed by atoms with van der Waals surface area (Å²) in [4.78, 5) is 6.96. The number of benzene rings is 1. The van der Waals surface area contributed by atoms with E-state index >= 15 is 0 Å². The molecule has 21 heavy (non-hydrogen) atoms. The van der Waals surface area contributed by atoms with E-state index in [0.29, 0.717) is 6.04 Å². The van der Waals surface area contributed by atoms with Gasteiger partial charge in [-0.2, -0.15) is 5.10 Å². The molecule has 112 valence electrons. The molecule has 1 aromatic heterocycles. The van der Waals surface area contributed by atoms with Crippen LogP contribution in [0.4, 0.5) is 0 Å². The maximum absolute atomic E-state index is 4.40. The van der Waals surface area contributed by atoms with Crippen LogP contribution in [0.1, 0.15) is 44.7 Å². The normalized spacial score (nSPS) is 17.2. The molecular formula is C17H24N4. The summed E-state index contributed by atoms with van der Waals surface area (Å²) in [6, 6.07) is 9.35. The Morgan fingerprint density at radius 3 is 2.52 bits per heavy atom. The molecule has 3 rings (SSSR count). The van der Waals surface area contributed by atoms with Crippen LogP contribution in [-0.4, -0.2) is 32.8 Å². The van der Waals surface area contributed by atoms with E-state index in [1.54, 1.807) is 6.33 Å². The maximum atomic E-state index is 4.40. The van der Waals surface area contributed by atoms with E-state index in [2.05, 4.69) is 53.1 Å². The Morgan fingerprint density at radius 2 is 1.86 bits per heavy atom. The van der Waals surface area contributed by atoms with Crippen molar-refractivity contribution in [1.82, 2.24) is 19.7 Å². The fraction of sp³-hybridized carbons (Fsp3) is 0.529. The van der Waals surface area contributed by atoms with Crippen molar-refractivity contribution < 1.29 is 0 Å². The second-order valence-corrected chi connectivity index (χ2v) is 5.85. The Bertz CT molecular complexity index is 567. The number of aromatic nitrogens is 3. The zero-order valence-electron chi connectivity index (χ0n) is 13.0. The molecule has 0 saturated carbocycles. The van der Waals surface area contributed by atoms with Crippen LogP contribution in [0, 0.1) is 0 Å². The Kier molecular flexibility index (Phi) is 4.34. The molecule has 1 aliphatic rings. The molecule has 2 aromatic rings. The van der Waals surface area contributed by atoms with Crippen molar-refractivity contribution in [1.29, 1.82) is 0 Å². The van der Waals surface area contributed by atoms with Gasteiger partial charge in [0.15, 0.2) is 5.82 Å². The summed E-state index contributed by atoms with van der Waals surface area (Å²) in [6.07, 6.45) is 5.39. The third kappa shape index (κ3) is 3.00. The van der Waals surface area contributed by atoms with Gasteiger partial charge in [-0.3, -0.25) is 4.90 Å². The number of hydrogen-bond acceptors (Lipinski definition) is 3. The van der Waals surface area contributed by atoms with Gasteiger partial charge in [-0.25, -0.2) is 9.67 Å². The smallest absolute Gasteiger partial charge is 0.158 e. The molecule has 4 nitrogen and oxygen atoms in total. The van der Waals surface area contributed by atoms with Gasteiger partial charge < -0.3 is 0 Å². The van der Waals surface area contributed by atoms with E-state index in [9.17, 15) is 0 Å². The average molecular weight is 284 g/mol. The third-order valence-electron chi connectivity index (χ3n) is 4.39. The molecule has 0 bridgehead atoms. The zero-order valence-corrected chi connectivity index (χ0v) is 13.0. The first-order chi connectivity index (χ1) is 10.3. The molecule has 1 atom stereocenters. The molecular weight excluding hydrogens is 260 g/mol. The lowest BCUT2D eigenvalue weighted by Crippen LogP contribution is -2.23. The van der Waals surface area contributed by atoms with Crippen molar-refractivity contribution in [2.24, 2.45) is 0 Å². The summed E-state index contributed by atoms with van der Waals surface area (Å²) >= 11 is 0. The lowest BCUT2D eigenvalue weighted by molar-refractivity contribution is 0.263. The molecule has 0 spiro atoms. The maximum Gasteiger partial charge on any atom is 0.158 e. The number of aryl methyl sites for hydroxylation is 1. The first-order valence-electron chi connectivity index (χ1n) is 8.01. The molecule has 1 fully saturated rings. The van der Waals surface area contributed by atoms with E-state index in [0.717, 1.165) is 24.4 Å². The minimum Gasteiger partial charge on any atom is -0.297 e. The fourth-order valence-electron chi connectivity index (χ4n) is 3.11. The topological polar surface area (TPSA) is 34.0 Å². The predicted octanol–water partition coefficient (Wildman–Crippen LogP) is 3.51. The van der Waals surface area contributed by atoms with Gasteiger partial charge in [0.1, 0.15) is 6.33 Å². The van der Waals surface area contributed by atoms with Crippen molar-refractivity contribution in [3.8, 4) is 11.4 Å². The van der Waals surface area contributed by atoms with Crippen LogP contribution in [-0.2, 0) is 6.54 Å². The van der Waals surface area contributed by atoms with E-state index in [1.807, 2.05) is 4.68 Å². The van der Waals surface area contributed by atoms with Crippen molar-refractivity contribution >= 4 is 0 Å². The number of rotatable bonds is 5. The number of hydrogen-bond donors (Lipinski definition) is 0. The highest BCUT2D eigenvalue weighted by Gasteiger charge is 2.19. The van der Waals surface area contributed by atoms with Crippen LogP contribution in [0.25, 0.3) is 11.4 Å². The van der Waals surface area contributed by atoms with Gasteiger partial charge >= 0.3 is 0 Å². The monoisotopic (exact) mass is 284 g/mol. The highest BCUT2D eigenvalue weighted by Crippen LogP contribution is 2.26. The zero-order chi connectivity index (χ0) is 14.7. The number of likely N-dealkylation sites (tertiary alicyclic amines) is 1. The molecule has 0 unspecified atom stereocenters. The summed E-state index contributed by atoms with van der Waals surface area (Å²) in [5, 5.41) is 4.30. The second kappa shape index (κ2) is 6.39. The largest absolute Gasteiger partial charge is 0.297 e. The van der Waals surface area contributed by atoms with Gasteiger partial charge in [0.25, 0.3) is 0 Å². The summed E-state index contributed by atoms with van der Waals surface area (Å²) in [7, 11) is 0. The highest BCUT2D eigenvalue weighted by atomic mass is 15.3. The fourth-order valence-corrected chi connectivity index (χ4v) is 3.11. The van der Waals surface area contributed by atoms with Crippen molar-refractivity contribution in [3.63, 3.8) is 0 Å². The van der Waals surface area contributed by atoms with Gasteiger partial charge in [0.2, 0.25) is 0 Å². The highest BCUT2D eigenvalue weighted by molar-refractivity contribution is 5.55. The molecule has 0 N–H and O–H groups in total. The lowest BCUT2D eigenvalue weighted by atomic mass is 10.0. The Hall–Kier alpha value is -1.68. The van der Waals surface area contributed by atoms with E-state index in [4.69, 9.17) is 0 Å². The second-order valence-electron chi connectivity index (χ2n) is 5.85. The molecule has 1 aromatic carbocycles. The molecule has 0 aliphatic carbocycles. The van der Waals surface area contributed by atoms with Crippen LogP contribution in [0.2, 0.25) is 0 Å². The van der Waals surface area contributed by atoms with Gasteiger partial charge in [-0.15, -0.1) is 0 Å². The lowest BCUT2D eigenvalue weighted by Gasteiger charge is -2.24. The van der Waals surface area contributed by atoms with E-state index in [-0.39, 0.29) is 0 Å². The minimum atomic E-state index is 0.509. The predicted molar refractivity (Wildman–Crippen MR) is 85.0 cm³/mol. The van der Waals surface area contributed by atoms with E-state index < -0.39 is 0 Å². The Labute approximate surface area is 126 Å². The van der Waals surface area contributed by atoms with Crippen LogP contribution in [0.15, 0.2) is 30.6 Å². The van der Waals surface area contributed by atoms with Crippen LogP contribution in [0.3, 0.4) is 0 Å². The molecule has 0 radical (unpaired) electrons. The molecule has 4 heteroatoms. The molecule has 1 saturated heterocycles. The molecule has 1 aliphatic heterocycles. The summed E-state index contributed by atoms with van der Waals surface area (Å²) in [5.74, 6) is 0.970. The first kappa shape index (κ1) is 14.3. The summed E-state index contributed by atoms with van der Waals surface area (Å²) < 4.78 is 1.99. The quantitative estimate of drug-likeness (QED) is 0.842.